The van der Waals surface area contributed by atoms with E-state index in [0.717, 1.165) is 31.0 Å². The number of hydrogen-bond donors (Lipinski definition) is 1. The number of nitrogens with zero attached hydrogens (tertiary/aromatic N) is 4. The summed E-state index contributed by atoms with van der Waals surface area (Å²) in [5.41, 5.74) is 6.85. The lowest BCUT2D eigenvalue weighted by molar-refractivity contribution is 0.0851. The second kappa shape index (κ2) is 6.01. The Bertz CT molecular complexity index is 541. The van der Waals surface area contributed by atoms with Crippen molar-refractivity contribution in [3.05, 3.63) is 22.7 Å². The number of rotatable bonds is 4. The number of nitrogens with two attached hydrogens (primary N) is 1. The smallest absolute Gasteiger partial charge is 0.258 e. The van der Waals surface area contributed by atoms with Crippen molar-refractivity contribution < 1.29 is 4.52 Å². The van der Waals surface area contributed by atoms with Crippen LogP contribution < -0.4 is 5.73 Å². The zero-order valence-corrected chi connectivity index (χ0v) is 12.3. The van der Waals surface area contributed by atoms with Crippen molar-refractivity contribution in [2.45, 2.75) is 12.6 Å². The predicted octanol–water partition coefficient (Wildman–Crippen LogP) is 0.873. The summed E-state index contributed by atoms with van der Waals surface area (Å²) in [5.74, 6) is 1.33. The average Bonchev–Trinajstić information content (AvgIpc) is 3.11. The van der Waals surface area contributed by atoms with E-state index in [1.54, 1.807) is 11.3 Å². The number of piperazine rings is 1. The molecule has 1 atom stereocenters. The van der Waals surface area contributed by atoms with Crippen LogP contribution in [0, 0.1) is 0 Å². The molecule has 2 aromatic rings. The molecule has 3 heterocycles. The van der Waals surface area contributed by atoms with Gasteiger partial charge in [0.05, 0.1) is 12.1 Å². The largest absolute Gasteiger partial charge is 0.334 e. The lowest BCUT2D eigenvalue weighted by Crippen LogP contribution is -2.54. The van der Waals surface area contributed by atoms with E-state index in [2.05, 4.69) is 27.0 Å². The van der Waals surface area contributed by atoms with E-state index in [-0.39, 0.29) is 0 Å². The van der Waals surface area contributed by atoms with E-state index in [1.807, 2.05) is 16.8 Å². The van der Waals surface area contributed by atoms with Gasteiger partial charge in [-0.3, -0.25) is 4.90 Å². The molecule has 2 N–H and O–H groups in total. The summed E-state index contributed by atoms with van der Waals surface area (Å²) in [5, 5.41) is 8.09. The molecule has 0 spiro atoms. The molecule has 0 saturated carbocycles. The maximum Gasteiger partial charge on any atom is 0.258 e. The fourth-order valence-electron chi connectivity index (χ4n) is 2.48. The van der Waals surface area contributed by atoms with Crippen LogP contribution in [0.5, 0.6) is 0 Å². The molecule has 0 amide bonds. The summed E-state index contributed by atoms with van der Waals surface area (Å²) in [6, 6.07) is 2.34. The molecular formula is C13H19N5OS. The lowest BCUT2D eigenvalue weighted by Gasteiger charge is -2.38. The van der Waals surface area contributed by atoms with Crippen molar-refractivity contribution in [2.75, 3.05) is 33.2 Å². The molecular weight excluding hydrogens is 274 g/mol. The molecule has 1 saturated heterocycles. The Kier molecular flexibility index (Phi) is 4.11. The standard InChI is InChI=1S/C13H19N5OS/c1-17-3-4-18(11(6-14)7-17)8-12-15-13(19-16-12)10-2-5-20-9-10/h2,5,9,11H,3-4,6-8,14H2,1H3. The van der Waals surface area contributed by atoms with Crippen LogP contribution in [0.15, 0.2) is 21.3 Å². The Balaban J connectivity index is 1.68. The van der Waals surface area contributed by atoms with Gasteiger partial charge in [-0.05, 0) is 18.5 Å². The molecule has 3 rings (SSSR count). The molecule has 0 aliphatic carbocycles. The van der Waals surface area contributed by atoms with E-state index in [4.69, 9.17) is 10.3 Å². The first-order chi connectivity index (χ1) is 9.76. The minimum absolute atomic E-state index is 0.358. The average molecular weight is 293 g/mol. The maximum atomic E-state index is 5.86. The SMILES string of the molecule is CN1CCN(Cc2noc(-c3ccsc3)n2)C(CN)C1. The van der Waals surface area contributed by atoms with Gasteiger partial charge in [0, 0.05) is 37.6 Å². The first-order valence-corrected chi connectivity index (χ1v) is 7.68. The summed E-state index contributed by atoms with van der Waals surface area (Å²) in [6.07, 6.45) is 0. The van der Waals surface area contributed by atoms with Gasteiger partial charge in [0.25, 0.3) is 5.89 Å². The zero-order chi connectivity index (χ0) is 13.9. The fraction of sp³-hybridized carbons (Fsp3) is 0.538. The first-order valence-electron chi connectivity index (χ1n) is 6.74. The normalized spacial score (nSPS) is 21.4. The second-order valence-corrected chi connectivity index (χ2v) is 5.93. The summed E-state index contributed by atoms with van der Waals surface area (Å²) >= 11 is 1.62. The van der Waals surface area contributed by atoms with Crippen LogP contribution in [-0.4, -0.2) is 59.2 Å². The van der Waals surface area contributed by atoms with Gasteiger partial charge in [-0.2, -0.15) is 16.3 Å². The lowest BCUT2D eigenvalue weighted by atomic mass is 10.1. The van der Waals surface area contributed by atoms with Crippen LogP contribution in [-0.2, 0) is 6.54 Å². The summed E-state index contributed by atoms with van der Waals surface area (Å²) in [6.45, 7) is 4.38. The van der Waals surface area contributed by atoms with Gasteiger partial charge < -0.3 is 15.2 Å². The van der Waals surface area contributed by atoms with Crippen LogP contribution in [0.25, 0.3) is 11.5 Å². The maximum absolute atomic E-state index is 5.86. The Morgan fingerprint density at radius 1 is 1.50 bits per heavy atom. The second-order valence-electron chi connectivity index (χ2n) is 5.15. The highest BCUT2D eigenvalue weighted by Gasteiger charge is 2.25. The van der Waals surface area contributed by atoms with E-state index in [1.165, 1.54) is 0 Å². The highest BCUT2D eigenvalue weighted by molar-refractivity contribution is 7.08. The van der Waals surface area contributed by atoms with Crippen LogP contribution in [0.3, 0.4) is 0 Å². The van der Waals surface area contributed by atoms with Crippen LogP contribution >= 0.6 is 11.3 Å². The molecule has 0 bridgehead atoms. The van der Waals surface area contributed by atoms with Gasteiger partial charge in [0.1, 0.15) is 0 Å². The van der Waals surface area contributed by atoms with Crippen LogP contribution in [0.2, 0.25) is 0 Å². The molecule has 1 aliphatic rings. The van der Waals surface area contributed by atoms with E-state index >= 15 is 0 Å². The van der Waals surface area contributed by atoms with E-state index in [9.17, 15) is 0 Å². The van der Waals surface area contributed by atoms with Crippen molar-refractivity contribution >= 4 is 11.3 Å². The Hall–Kier alpha value is -1.28. The number of thiophene rings is 1. The third kappa shape index (κ3) is 2.90. The first kappa shape index (κ1) is 13.7. The minimum atomic E-state index is 0.358. The van der Waals surface area contributed by atoms with Crippen LogP contribution in [0.1, 0.15) is 5.82 Å². The Labute approximate surface area is 122 Å². The third-order valence-electron chi connectivity index (χ3n) is 3.66. The Morgan fingerprint density at radius 3 is 3.15 bits per heavy atom. The molecule has 7 heteroatoms. The molecule has 1 fully saturated rings. The van der Waals surface area contributed by atoms with Crippen molar-refractivity contribution in [3.63, 3.8) is 0 Å². The monoisotopic (exact) mass is 293 g/mol. The zero-order valence-electron chi connectivity index (χ0n) is 11.5. The number of aromatic nitrogens is 2. The van der Waals surface area contributed by atoms with Crippen molar-refractivity contribution in [1.82, 2.24) is 19.9 Å². The van der Waals surface area contributed by atoms with Crippen molar-refractivity contribution in [2.24, 2.45) is 5.73 Å². The highest BCUT2D eigenvalue weighted by atomic mass is 32.1. The molecule has 1 aliphatic heterocycles. The molecule has 6 nitrogen and oxygen atoms in total. The number of likely N-dealkylation sites (N-methyl/N-ethyl adjacent to an activating group) is 1. The quantitative estimate of drug-likeness (QED) is 0.902. The Morgan fingerprint density at radius 2 is 2.40 bits per heavy atom. The van der Waals surface area contributed by atoms with Gasteiger partial charge in [0.15, 0.2) is 5.82 Å². The summed E-state index contributed by atoms with van der Waals surface area (Å²) in [7, 11) is 2.13. The molecule has 108 valence electrons. The summed E-state index contributed by atoms with van der Waals surface area (Å²) < 4.78 is 5.32. The minimum Gasteiger partial charge on any atom is -0.334 e. The fourth-order valence-corrected chi connectivity index (χ4v) is 3.11. The predicted molar refractivity (Wildman–Crippen MR) is 78.4 cm³/mol. The van der Waals surface area contributed by atoms with E-state index < -0.39 is 0 Å². The third-order valence-corrected chi connectivity index (χ3v) is 4.34. The summed E-state index contributed by atoms with van der Waals surface area (Å²) in [4.78, 5) is 9.11. The van der Waals surface area contributed by atoms with E-state index in [0.29, 0.717) is 25.0 Å². The molecule has 20 heavy (non-hydrogen) atoms. The molecule has 0 radical (unpaired) electrons. The van der Waals surface area contributed by atoms with Gasteiger partial charge in [-0.25, -0.2) is 0 Å². The van der Waals surface area contributed by atoms with Gasteiger partial charge in [0.2, 0.25) is 0 Å². The van der Waals surface area contributed by atoms with Gasteiger partial charge in [-0.15, -0.1) is 0 Å². The number of hydrogen-bond acceptors (Lipinski definition) is 7. The van der Waals surface area contributed by atoms with Crippen molar-refractivity contribution in [1.29, 1.82) is 0 Å². The van der Waals surface area contributed by atoms with Crippen LogP contribution in [0.4, 0.5) is 0 Å². The molecule has 1 unspecified atom stereocenters. The van der Waals surface area contributed by atoms with Gasteiger partial charge in [-0.1, -0.05) is 5.16 Å². The highest BCUT2D eigenvalue weighted by Crippen LogP contribution is 2.20. The van der Waals surface area contributed by atoms with Gasteiger partial charge >= 0.3 is 0 Å². The van der Waals surface area contributed by atoms with Crippen molar-refractivity contribution in [3.8, 4) is 11.5 Å². The topological polar surface area (TPSA) is 71.4 Å². The molecule has 2 aromatic heterocycles. The molecule has 0 aromatic carbocycles.